The Morgan fingerprint density at radius 1 is 0.939 bits per heavy atom. The summed E-state index contributed by atoms with van der Waals surface area (Å²) in [6.45, 7) is 3.76. The maximum absolute atomic E-state index is 12.5. The van der Waals surface area contributed by atoms with Crippen molar-refractivity contribution in [1.29, 1.82) is 0 Å². The van der Waals surface area contributed by atoms with Gasteiger partial charge < -0.3 is 9.47 Å². The lowest BCUT2D eigenvalue weighted by Crippen LogP contribution is -2.22. The number of anilines is 2. The normalized spacial score (nSPS) is 10.6. The molecule has 0 spiro atoms. The summed E-state index contributed by atoms with van der Waals surface area (Å²) < 4.78 is 11.2. The molecule has 0 fully saturated rings. The average Bonchev–Trinajstić information content (AvgIpc) is 3.46. The molecule has 2 aromatic heterocycles. The highest BCUT2D eigenvalue weighted by Gasteiger charge is 2.18. The number of benzene rings is 2. The fourth-order valence-electron chi connectivity index (χ4n) is 3.04. The molecule has 0 N–H and O–H groups in total. The van der Waals surface area contributed by atoms with Gasteiger partial charge in [0, 0.05) is 17.7 Å². The predicted molar refractivity (Wildman–Crippen MR) is 128 cm³/mol. The van der Waals surface area contributed by atoms with Crippen molar-refractivity contribution in [2.24, 2.45) is 0 Å². The molecular formula is C24H21N3O4S2. The Balaban J connectivity index is 1.37. The molecule has 0 unspecified atom stereocenters. The van der Waals surface area contributed by atoms with Crippen LogP contribution >= 0.6 is 22.7 Å². The van der Waals surface area contributed by atoms with Crippen molar-refractivity contribution >= 4 is 45.4 Å². The zero-order valence-corrected chi connectivity index (χ0v) is 19.7. The van der Waals surface area contributed by atoms with E-state index < -0.39 is 5.97 Å². The molecular weight excluding hydrogens is 458 g/mol. The molecule has 0 radical (unpaired) electrons. The topological polar surface area (TPSA) is 81.6 Å². The van der Waals surface area contributed by atoms with Gasteiger partial charge in [0.25, 0.3) is 0 Å². The van der Waals surface area contributed by atoms with Gasteiger partial charge in [-0.3, -0.25) is 9.69 Å². The molecule has 4 aromatic rings. The molecule has 2 aromatic carbocycles. The summed E-state index contributed by atoms with van der Waals surface area (Å²) in [4.78, 5) is 35.1. The zero-order valence-electron chi connectivity index (χ0n) is 18.1. The number of carbonyl (C=O) groups is 2. The molecule has 9 heteroatoms. The smallest absolute Gasteiger partial charge is 0.338 e. The number of aryl methyl sites for hydroxylation is 1. The Bertz CT molecular complexity index is 1250. The lowest BCUT2D eigenvalue weighted by atomic mass is 10.2. The van der Waals surface area contributed by atoms with Crippen LogP contribution in [0.15, 0.2) is 65.4 Å². The van der Waals surface area contributed by atoms with Crippen molar-refractivity contribution in [3.8, 4) is 5.75 Å². The first kappa shape index (κ1) is 22.6. The maximum atomic E-state index is 12.5. The number of aromatic nitrogens is 2. The first-order valence-corrected chi connectivity index (χ1v) is 11.9. The van der Waals surface area contributed by atoms with E-state index in [2.05, 4.69) is 9.97 Å². The van der Waals surface area contributed by atoms with Crippen LogP contribution < -0.4 is 9.64 Å². The van der Waals surface area contributed by atoms with Crippen LogP contribution in [0.4, 0.5) is 10.8 Å². The first-order chi connectivity index (χ1) is 16.0. The average molecular weight is 480 g/mol. The molecule has 0 saturated carbocycles. The molecule has 7 nitrogen and oxygen atoms in total. The largest absolute Gasteiger partial charge is 0.487 e. The summed E-state index contributed by atoms with van der Waals surface area (Å²) in [5.41, 5.74) is 2.52. The second-order valence-electron chi connectivity index (χ2n) is 7.06. The van der Waals surface area contributed by atoms with E-state index in [0.29, 0.717) is 28.7 Å². The van der Waals surface area contributed by atoms with Crippen LogP contribution in [0.2, 0.25) is 0 Å². The number of amides is 1. The highest BCUT2D eigenvalue weighted by atomic mass is 32.1. The molecule has 0 atom stereocenters. The molecule has 0 bridgehead atoms. The first-order valence-electron chi connectivity index (χ1n) is 10.1. The summed E-state index contributed by atoms with van der Waals surface area (Å²) >= 11 is 2.88. The summed E-state index contributed by atoms with van der Waals surface area (Å²) in [6.07, 6.45) is 0. The minimum absolute atomic E-state index is 0.000939. The highest BCUT2D eigenvalue weighted by molar-refractivity contribution is 7.14. The van der Waals surface area contributed by atoms with Gasteiger partial charge in [-0.1, -0.05) is 24.3 Å². The number of carbonyl (C=O) groups excluding carboxylic acids is 2. The van der Waals surface area contributed by atoms with Crippen LogP contribution in [0.25, 0.3) is 0 Å². The number of hydrogen-bond donors (Lipinski definition) is 0. The van der Waals surface area contributed by atoms with Crippen molar-refractivity contribution in [1.82, 2.24) is 9.97 Å². The van der Waals surface area contributed by atoms with Crippen molar-refractivity contribution in [3.05, 3.63) is 87.3 Å². The second-order valence-corrected chi connectivity index (χ2v) is 8.96. The van der Waals surface area contributed by atoms with Crippen molar-refractivity contribution in [3.63, 3.8) is 0 Å². The molecule has 0 aliphatic heterocycles. The molecule has 168 valence electrons. The Morgan fingerprint density at radius 2 is 1.70 bits per heavy atom. The molecule has 0 saturated heterocycles. The van der Waals surface area contributed by atoms with Crippen LogP contribution in [-0.4, -0.2) is 21.8 Å². The number of thiazole rings is 2. The molecule has 33 heavy (non-hydrogen) atoms. The molecule has 2 heterocycles. The van der Waals surface area contributed by atoms with Crippen LogP contribution in [0.1, 0.15) is 33.7 Å². The Morgan fingerprint density at radius 3 is 2.42 bits per heavy atom. The van der Waals surface area contributed by atoms with Gasteiger partial charge in [0.05, 0.1) is 27.6 Å². The lowest BCUT2D eigenvalue weighted by Gasteiger charge is -2.17. The summed E-state index contributed by atoms with van der Waals surface area (Å²) in [7, 11) is 0. The minimum atomic E-state index is -0.481. The second kappa shape index (κ2) is 10.4. The van der Waals surface area contributed by atoms with E-state index in [1.807, 2.05) is 42.6 Å². The van der Waals surface area contributed by atoms with Crippen LogP contribution in [0.3, 0.4) is 0 Å². The molecule has 1 amide bonds. The standard InChI is InChI=1S/C24H21N3O4S2/c1-16-25-19(14-32-16)12-30-22-10-6-7-18(11-22)23(29)31-13-20-15-33-24(26-20)27(17(2)28)21-8-4-3-5-9-21/h3-11,14-15H,12-13H2,1-2H3. The monoisotopic (exact) mass is 479 g/mol. The van der Waals surface area contributed by atoms with Gasteiger partial charge in [-0.2, -0.15) is 0 Å². The van der Waals surface area contributed by atoms with Gasteiger partial charge in [-0.25, -0.2) is 14.8 Å². The molecule has 0 aliphatic rings. The third kappa shape index (κ3) is 5.82. The SMILES string of the molecule is CC(=O)N(c1ccccc1)c1nc(COC(=O)c2cccc(OCc3csc(C)n3)c2)cs1. The molecule has 4 rings (SSSR count). The zero-order chi connectivity index (χ0) is 23.2. The fraction of sp³-hybridized carbons (Fsp3) is 0.167. The van der Waals surface area contributed by atoms with E-state index in [1.54, 1.807) is 41.0 Å². The van der Waals surface area contributed by atoms with E-state index in [-0.39, 0.29) is 12.5 Å². The number of esters is 1. The minimum Gasteiger partial charge on any atom is -0.487 e. The van der Waals surface area contributed by atoms with Crippen LogP contribution in [-0.2, 0) is 22.7 Å². The molecule has 0 aliphatic carbocycles. The summed E-state index contributed by atoms with van der Waals surface area (Å²) in [6, 6.07) is 16.1. The van der Waals surface area contributed by atoms with Gasteiger partial charge >= 0.3 is 5.97 Å². The van der Waals surface area contributed by atoms with E-state index in [0.717, 1.165) is 16.4 Å². The van der Waals surface area contributed by atoms with Crippen molar-refractivity contribution in [2.45, 2.75) is 27.1 Å². The predicted octanol–water partition coefficient (Wildman–Crippen LogP) is 5.53. The van der Waals surface area contributed by atoms with Crippen molar-refractivity contribution < 1.29 is 19.1 Å². The van der Waals surface area contributed by atoms with Gasteiger partial charge in [-0.05, 0) is 37.3 Å². The van der Waals surface area contributed by atoms with E-state index >= 15 is 0 Å². The highest BCUT2D eigenvalue weighted by Crippen LogP contribution is 2.29. The fourth-order valence-corrected chi connectivity index (χ4v) is 4.51. The third-order valence-electron chi connectivity index (χ3n) is 4.53. The maximum Gasteiger partial charge on any atom is 0.338 e. The number of rotatable bonds is 8. The van der Waals surface area contributed by atoms with Crippen molar-refractivity contribution in [2.75, 3.05) is 4.90 Å². The van der Waals surface area contributed by atoms with Gasteiger partial charge in [-0.15, -0.1) is 22.7 Å². The van der Waals surface area contributed by atoms with Gasteiger partial charge in [0.15, 0.2) is 5.13 Å². The van der Waals surface area contributed by atoms with E-state index in [9.17, 15) is 9.59 Å². The number of para-hydroxylation sites is 1. The number of ether oxygens (including phenoxy) is 2. The Labute approximate surface area is 199 Å². The summed E-state index contributed by atoms with van der Waals surface area (Å²) in [5.74, 6) is -0.0688. The van der Waals surface area contributed by atoms with Crippen LogP contribution in [0.5, 0.6) is 5.75 Å². The quantitative estimate of drug-likeness (QED) is 0.309. The summed E-state index contributed by atoms with van der Waals surface area (Å²) in [5, 5.41) is 5.22. The van der Waals surface area contributed by atoms with Crippen LogP contribution in [0, 0.1) is 6.92 Å². The lowest BCUT2D eigenvalue weighted by molar-refractivity contribution is -0.115. The van der Waals surface area contributed by atoms with Gasteiger partial charge in [0.1, 0.15) is 19.0 Å². The van der Waals surface area contributed by atoms with E-state index in [4.69, 9.17) is 9.47 Å². The Kier molecular flexibility index (Phi) is 7.11. The van der Waals surface area contributed by atoms with E-state index in [1.165, 1.54) is 23.2 Å². The number of hydrogen-bond acceptors (Lipinski definition) is 8. The number of nitrogens with zero attached hydrogens (tertiary/aromatic N) is 3. The third-order valence-corrected chi connectivity index (χ3v) is 6.23. The van der Waals surface area contributed by atoms with Gasteiger partial charge in [0.2, 0.25) is 5.91 Å². The Hall–Kier alpha value is -3.56.